The third-order valence-electron chi connectivity index (χ3n) is 26.2. The first-order valence-electron chi connectivity index (χ1n) is 45.1. The molecule has 0 bridgehead atoms. The van der Waals surface area contributed by atoms with Gasteiger partial charge < -0.3 is 53.4 Å². The van der Waals surface area contributed by atoms with Crippen LogP contribution in [-0.2, 0) is 38.5 Å². The summed E-state index contributed by atoms with van der Waals surface area (Å²) in [4.78, 5) is 20.0. The van der Waals surface area contributed by atoms with Crippen molar-refractivity contribution in [3.63, 3.8) is 0 Å². The molecule has 0 atom stereocenters. The Morgan fingerprint density at radius 1 is 0.213 bits per heavy atom. The maximum atomic E-state index is 7.12. The highest BCUT2D eigenvalue weighted by molar-refractivity contribution is 9.10. The highest BCUT2D eigenvalue weighted by Crippen LogP contribution is 2.51. The van der Waals surface area contributed by atoms with Crippen LogP contribution in [0.1, 0.15) is 71.9 Å². The number of benzene rings is 16. The molecule has 0 fully saturated rings. The van der Waals surface area contributed by atoms with Gasteiger partial charge in [0.15, 0.2) is 0 Å². The molecule has 18 aromatic rings. The van der Waals surface area contributed by atoms with Crippen LogP contribution in [0.15, 0.2) is 382 Å². The minimum atomic E-state index is 0.847. The van der Waals surface area contributed by atoms with Gasteiger partial charge in [-0.25, -0.2) is 0 Å². The molecule has 0 spiro atoms. The Balaban J connectivity index is 0.000000160. The van der Waals surface area contributed by atoms with Crippen molar-refractivity contribution >= 4 is 189 Å². The SMILES string of the molecule is Brc1ccc2c(c1)oc1cc(Br)ccc12.c1ccc(N(c2cc(N3CCCc4ccccc43)cc(N3CCCc4ccccc43)c2)c2ccc3c(c2)oc2cc(N(c4ccccc4)c4cc(N5CCCc6ccccc65)cc(N5CCCc6ccccc65)c4)ccc23)cc1.c1ccc(Nc2cc(N3CCCc4ccccc43)cc(N3CCCc4ccccc43)c2)cc1. The topological polar surface area (TPSA) is 64.2 Å². The van der Waals surface area contributed by atoms with Crippen LogP contribution in [0.3, 0.4) is 0 Å². The van der Waals surface area contributed by atoms with E-state index in [2.05, 4.69) is 416 Å². The van der Waals surface area contributed by atoms with Crippen LogP contribution in [0, 0.1) is 0 Å². The van der Waals surface area contributed by atoms with Crippen molar-refractivity contribution in [2.75, 3.05) is 83.8 Å². The molecule has 2 aromatic heterocycles. The second kappa shape index (κ2) is 35.0. The largest absolute Gasteiger partial charge is 0.456 e. The Kier molecular flexibility index (Phi) is 21.8. The number of nitrogens with zero attached hydrogens (tertiary/aromatic N) is 8. The smallest absolute Gasteiger partial charge is 0.137 e. The van der Waals surface area contributed by atoms with Crippen LogP contribution in [-0.4, -0.2) is 39.3 Å². The number of anilines is 20. The van der Waals surface area contributed by atoms with Gasteiger partial charge in [0.2, 0.25) is 0 Å². The fourth-order valence-electron chi connectivity index (χ4n) is 20.3. The van der Waals surface area contributed by atoms with Gasteiger partial charge in [-0.1, -0.05) is 196 Å². The molecule has 127 heavy (non-hydrogen) atoms. The van der Waals surface area contributed by atoms with Crippen molar-refractivity contribution in [3.8, 4) is 0 Å². The van der Waals surface area contributed by atoms with E-state index in [4.69, 9.17) is 8.83 Å². The van der Waals surface area contributed by atoms with Crippen LogP contribution in [0.4, 0.5) is 114 Å². The average molecular weight is 1780 g/mol. The Morgan fingerprint density at radius 2 is 0.465 bits per heavy atom. The maximum Gasteiger partial charge on any atom is 0.137 e. The van der Waals surface area contributed by atoms with Gasteiger partial charge in [0.1, 0.15) is 22.3 Å². The number of hydrogen-bond donors (Lipinski definition) is 1. The monoisotopic (exact) mass is 1780 g/mol. The van der Waals surface area contributed by atoms with Crippen molar-refractivity contribution in [3.05, 3.63) is 406 Å². The fourth-order valence-corrected chi connectivity index (χ4v) is 21.0. The maximum absolute atomic E-state index is 7.12. The highest BCUT2D eigenvalue weighted by Gasteiger charge is 2.31. The summed E-state index contributed by atoms with van der Waals surface area (Å²) < 4.78 is 14.9. The summed E-state index contributed by atoms with van der Waals surface area (Å²) in [5.74, 6) is 0. The number of rotatable bonds is 14. The Bertz CT molecular complexity index is 6550. The second-order valence-corrected chi connectivity index (χ2v) is 36.0. The van der Waals surface area contributed by atoms with Gasteiger partial charge in [-0.15, -0.1) is 0 Å². The molecule has 0 saturated carbocycles. The van der Waals surface area contributed by atoms with E-state index in [0.29, 0.717) is 0 Å². The summed E-state index contributed by atoms with van der Waals surface area (Å²) >= 11 is 6.87. The second-order valence-electron chi connectivity index (χ2n) is 34.1. The lowest BCUT2D eigenvalue weighted by atomic mass is 9.99. The first-order chi connectivity index (χ1) is 62.7. The Hall–Kier alpha value is -13.7. The van der Waals surface area contributed by atoms with Crippen molar-refractivity contribution in [2.45, 2.75) is 77.0 Å². The number of fused-ring (bicyclic) bond motifs is 12. The van der Waals surface area contributed by atoms with Gasteiger partial charge >= 0.3 is 0 Å². The molecule has 16 aromatic carbocycles. The number of aryl methyl sites for hydroxylation is 6. The first kappa shape index (κ1) is 79.2. The molecule has 0 amide bonds. The van der Waals surface area contributed by atoms with Gasteiger partial charge in [0.05, 0.1) is 11.4 Å². The number of furan rings is 2. The summed E-state index contributed by atoms with van der Waals surface area (Å²) in [6.45, 7) is 5.93. The molecule has 1 N–H and O–H groups in total. The van der Waals surface area contributed by atoms with E-state index in [1.165, 1.54) is 114 Å². The molecule has 624 valence electrons. The van der Waals surface area contributed by atoms with E-state index >= 15 is 0 Å². The molecule has 8 heterocycles. The summed E-state index contributed by atoms with van der Waals surface area (Å²) in [6.07, 6.45) is 13.4. The van der Waals surface area contributed by atoms with E-state index < -0.39 is 0 Å². The Morgan fingerprint density at radius 3 is 0.764 bits per heavy atom. The van der Waals surface area contributed by atoms with Crippen molar-refractivity contribution in [2.24, 2.45) is 0 Å². The van der Waals surface area contributed by atoms with Crippen molar-refractivity contribution < 1.29 is 8.83 Å². The molecule has 13 heteroatoms. The molecule has 24 rings (SSSR count). The summed E-state index contributed by atoms with van der Waals surface area (Å²) in [6, 6.07) is 133. The normalized spacial score (nSPS) is 14.5. The van der Waals surface area contributed by atoms with E-state index in [1.54, 1.807) is 0 Å². The number of hydrogen-bond acceptors (Lipinski definition) is 11. The van der Waals surface area contributed by atoms with Crippen molar-refractivity contribution in [1.82, 2.24) is 0 Å². The lowest BCUT2D eigenvalue weighted by Gasteiger charge is -2.36. The molecular weight excluding hydrogens is 1690 g/mol. The van der Waals surface area contributed by atoms with E-state index in [9.17, 15) is 0 Å². The molecule has 0 radical (unpaired) electrons. The third-order valence-corrected chi connectivity index (χ3v) is 27.2. The minimum absolute atomic E-state index is 0.847. The lowest BCUT2D eigenvalue weighted by Crippen LogP contribution is -2.27. The van der Waals surface area contributed by atoms with E-state index in [0.717, 1.165) is 202 Å². The van der Waals surface area contributed by atoms with Gasteiger partial charge in [-0.05, 0) is 298 Å². The van der Waals surface area contributed by atoms with Gasteiger partial charge in [-0.2, -0.15) is 0 Å². The zero-order valence-electron chi connectivity index (χ0n) is 71.0. The van der Waals surface area contributed by atoms with Crippen LogP contribution in [0.5, 0.6) is 0 Å². The summed E-state index contributed by atoms with van der Waals surface area (Å²) in [7, 11) is 0. The van der Waals surface area contributed by atoms with Crippen molar-refractivity contribution in [1.29, 1.82) is 0 Å². The van der Waals surface area contributed by atoms with E-state index in [1.807, 2.05) is 24.3 Å². The van der Waals surface area contributed by atoms with Crippen LogP contribution in [0.25, 0.3) is 43.9 Å². The molecule has 11 nitrogen and oxygen atoms in total. The van der Waals surface area contributed by atoms with Crippen LogP contribution < -0.4 is 44.5 Å². The Labute approximate surface area is 759 Å². The molecule has 6 aliphatic rings. The zero-order chi connectivity index (χ0) is 84.7. The van der Waals surface area contributed by atoms with Crippen LogP contribution >= 0.6 is 31.9 Å². The third kappa shape index (κ3) is 16.0. The van der Waals surface area contributed by atoms with E-state index in [-0.39, 0.29) is 0 Å². The number of para-hydroxylation sites is 9. The summed E-state index contributed by atoms with van der Waals surface area (Å²) in [5, 5.41) is 8.14. The molecular formula is C114H97Br2N9O2. The predicted molar refractivity (Wildman–Crippen MR) is 539 cm³/mol. The predicted octanol–water partition coefficient (Wildman–Crippen LogP) is 31.6. The first-order valence-corrected chi connectivity index (χ1v) is 46.7. The molecule has 0 saturated heterocycles. The van der Waals surface area contributed by atoms with Gasteiger partial charge in [-0.3, -0.25) is 0 Å². The van der Waals surface area contributed by atoms with Gasteiger partial charge in [0, 0.05) is 184 Å². The van der Waals surface area contributed by atoms with Gasteiger partial charge in [0.25, 0.3) is 0 Å². The molecule has 6 aliphatic heterocycles. The fraction of sp³-hybridized carbons (Fsp3) is 0.158. The molecule has 0 unspecified atom stereocenters. The molecule has 0 aliphatic carbocycles. The minimum Gasteiger partial charge on any atom is -0.456 e. The quantitative estimate of drug-likeness (QED) is 0.113. The lowest BCUT2D eigenvalue weighted by molar-refractivity contribution is 0.668. The summed E-state index contributed by atoms with van der Waals surface area (Å²) in [5.41, 5.74) is 35.8. The number of halogens is 2. The number of nitrogens with one attached hydrogen (secondary N) is 1. The standard InChI is InChI=1S/C72H62N6O.C30H29N3.C12H6Br2O/c1-3-27-55(28-4-1)77(63-45-59(73-39-15-23-51-19-7-11-31-67(51)73)43-60(46-63)74-40-16-24-52-20-8-12-32-68(52)74)57-35-37-65-66-38-36-58(50-72(66)79-71(65)49-57)78(56-29-5-2-6-30-56)64-47-61(75-41-17-25-53-21-9-13-33-69(53)75)44-62(48-64)76-42-18-26-54-22-10-14-34-70(54)76;1-2-14-25(15-3-1)31-26-20-27(32-18-8-12-23-10-4-6-16-29(23)32)22-28(21-26)33-19-9-13-24-11-5-7-17-30(24)33;13-7-1-3-9-10-4-2-8(14)6-12(10)15-11(9)5-7/h1-14,19-22,27-38,43-50H,15-18,23-26,39-42H2;1-7,10-11,14-17,20-22,31H,8-9,12-13,18-19H2;1-6H. The average Bonchev–Trinajstić information content (AvgIpc) is 1.62. The van der Waals surface area contributed by atoms with Crippen LogP contribution in [0.2, 0.25) is 0 Å². The zero-order valence-corrected chi connectivity index (χ0v) is 74.2. The highest BCUT2D eigenvalue weighted by atomic mass is 79.9.